The van der Waals surface area contributed by atoms with Crippen LogP contribution in [0.5, 0.6) is 5.75 Å². The average Bonchev–Trinajstić information content (AvgIpc) is 2.14. The van der Waals surface area contributed by atoms with E-state index in [1.807, 2.05) is 6.92 Å². The molecule has 0 amide bonds. The molecule has 1 nitrogen and oxygen atoms in total. The van der Waals surface area contributed by atoms with Gasteiger partial charge in [0, 0.05) is 0 Å². The summed E-state index contributed by atoms with van der Waals surface area (Å²) in [6.07, 6.45) is -1.50. The normalized spacial score (nSPS) is 11.2. The molecule has 0 saturated heterocycles. The van der Waals surface area contributed by atoms with Gasteiger partial charge in [-0.2, -0.15) is 0 Å². The quantitative estimate of drug-likeness (QED) is 0.750. The van der Waals surface area contributed by atoms with Gasteiger partial charge in [0.2, 0.25) is 0 Å². The molecule has 1 aromatic rings. The summed E-state index contributed by atoms with van der Waals surface area (Å²) in [5.74, 6) is -0.229. The average molecular weight is 215 g/mol. The first-order valence-electron chi connectivity index (χ1n) is 4.37. The molecule has 1 rings (SSSR count). The van der Waals surface area contributed by atoms with Crippen LogP contribution in [0.15, 0.2) is 24.8 Å². The fraction of sp³-hybridized carbons (Fsp3) is 0.273. The van der Waals surface area contributed by atoms with Crippen LogP contribution in [-0.2, 0) is 6.42 Å². The molecule has 0 heterocycles. The molecule has 15 heavy (non-hydrogen) atoms. The molecule has 0 fully saturated rings. The molecule has 4 heteroatoms. The summed E-state index contributed by atoms with van der Waals surface area (Å²) >= 11 is 0. The maximum Gasteiger partial charge on any atom is 0.573 e. The van der Waals surface area contributed by atoms with Crippen molar-refractivity contribution < 1.29 is 17.9 Å². The van der Waals surface area contributed by atoms with Crippen LogP contribution in [0.25, 0.3) is 0 Å². The Balaban J connectivity index is 3.02. The van der Waals surface area contributed by atoms with Crippen molar-refractivity contribution in [2.24, 2.45) is 0 Å². The molecule has 1 aromatic carbocycles. The summed E-state index contributed by atoms with van der Waals surface area (Å²) < 4.78 is 39.7. The molecule has 0 saturated carbocycles. The molecule has 0 aliphatic rings. The number of aryl methyl sites for hydroxylation is 1. The molecule has 0 N–H and O–H groups in total. The van der Waals surface area contributed by atoms with Gasteiger partial charge < -0.3 is 4.74 Å². The number of hydrogen-bond acceptors (Lipinski definition) is 1. The highest BCUT2D eigenvalue weighted by atomic mass is 19.4. The Morgan fingerprint density at radius 2 is 2.00 bits per heavy atom. The van der Waals surface area contributed by atoms with E-state index in [4.69, 9.17) is 0 Å². The van der Waals surface area contributed by atoms with Crippen LogP contribution in [0.3, 0.4) is 0 Å². The minimum absolute atomic E-state index is 0.229. The largest absolute Gasteiger partial charge is 0.573 e. The Morgan fingerprint density at radius 1 is 1.33 bits per heavy atom. The summed E-state index contributed by atoms with van der Waals surface area (Å²) in [6.45, 7) is 5.23. The van der Waals surface area contributed by atoms with Crippen molar-refractivity contribution in [3.8, 4) is 5.75 Å². The molecule has 0 aliphatic carbocycles. The van der Waals surface area contributed by atoms with E-state index in [1.165, 1.54) is 12.1 Å². The third-order valence-electron chi connectivity index (χ3n) is 1.81. The van der Waals surface area contributed by atoms with Gasteiger partial charge in [0.1, 0.15) is 5.75 Å². The maximum absolute atomic E-state index is 12.0. The standard InChI is InChI=1S/C11H10F3O/c1-3-8-5-9(4-2)7-10(6-8)15-11(12,13)14/h5-7H,1,4H2,2H3. The summed E-state index contributed by atoms with van der Waals surface area (Å²) in [5, 5.41) is 0. The van der Waals surface area contributed by atoms with Crippen molar-refractivity contribution in [3.05, 3.63) is 42.0 Å². The minimum Gasteiger partial charge on any atom is -0.406 e. The Hall–Kier alpha value is -1.45. The second kappa shape index (κ2) is 4.38. The second-order valence-corrected chi connectivity index (χ2v) is 2.94. The highest BCUT2D eigenvalue weighted by molar-refractivity contribution is 5.37. The summed E-state index contributed by atoms with van der Waals surface area (Å²) in [6, 6.07) is 4.32. The van der Waals surface area contributed by atoms with Crippen LogP contribution in [0.2, 0.25) is 0 Å². The smallest absolute Gasteiger partial charge is 0.406 e. The number of benzene rings is 1. The van der Waals surface area contributed by atoms with Crippen LogP contribution >= 0.6 is 0 Å². The van der Waals surface area contributed by atoms with E-state index in [-0.39, 0.29) is 5.75 Å². The van der Waals surface area contributed by atoms with E-state index >= 15 is 0 Å². The van der Waals surface area contributed by atoms with E-state index in [1.54, 1.807) is 6.07 Å². The van der Waals surface area contributed by atoms with Gasteiger partial charge in [-0.05, 0) is 35.8 Å². The van der Waals surface area contributed by atoms with Crippen LogP contribution in [0, 0.1) is 6.08 Å². The van der Waals surface area contributed by atoms with E-state index in [0.29, 0.717) is 12.0 Å². The molecule has 0 atom stereocenters. The second-order valence-electron chi connectivity index (χ2n) is 2.94. The van der Waals surface area contributed by atoms with Gasteiger partial charge in [0.05, 0.1) is 0 Å². The highest BCUT2D eigenvalue weighted by Gasteiger charge is 2.31. The fourth-order valence-electron chi connectivity index (χ4n) is 1.16. The predicted molar refractivity (Wildman–Crippen MR) is 50.5 cm³/mol. The van der Waals surface area contributed by atoms with Gasteiger partial charge in [-0.15, -0.1) is 13.2 Å². The van der Waals surface area contributed by atoms with E-state index in [0.717, 1.165) is 5.56 Å². The molecule has 1 radical (unpaired) electrons. The number of halogens is 3. The molecular weight excluding hydrogens is 205 g/mol. The van der Waals surface area contributed by atoms with Crippen molar-refractivity contribution in [1.29, 1.82) is 0 Å². The Morgan fingerprint density at radius 3 is 2.47 bits per heavy atom. The predicted octanol–water partition coefficient (Wildman–Crippen LogP) is 3.48. The number of hydrogen-bond donors (Lipinski definition) is 0. The van der Waals surface area contributed by atoms with E-state index in [2.05, 4.69) is 17.4 Å². The van der Waals surface area contributed by atoms with Crippen molar-refractivity contribution in [2.75, 3.05) is 0 Å². The first kappa shape index (κ1) is 11.6. The number of alkyl halides is 3. The van der Waals surface area contributed by atoms with Gasteiger partial charge in [0.25, 0.3) is 0 Å². The fourth-order valence-corrected chi connectivity index (χ4v) is 1.16. The minimum atomic E-state index is -4.66. The third-order valence-corrected chi connectivity index (χ3v) is 1.81. The summed E-state index contributed by atoms with van der Waals surface area (Å²) in [4.78, 5) is 0. The van der Waals surface area contributed by atoms with Gasteiger partial charge >= 0.3 is 6.36 Å². The number of rotatable bonds is 3. The van der Waals surface area contributed by atoms with Gasteiger partial charge in [-0.1, -0.05) is 19.6 Å². The lowest BCUT2D eigenvalue weighted by Crippen LogP contribution is -2.17. The monoisotopic (exact) mass is 215 g/mol. The molecule has 81 valence electrons. The van der Waals surface area contributed by atoms with Gasteiger partial charge in [0.15, 0.2) is 0 Å². The Labute approximate surface area is 86.2 Å². The highest BCUT2D eigenvalue weighted by Crippen LogP contribution is 2.25. The van der Waals surface area contributed by atoms with Crippen LogP contribution < -0.4 is 4.74 Å². The zero-order valence-electron chi connectivity index (χ0n) is 8.19. The maximum atomic E-state index is 12.0. The van der Waals surface area contributed by atoms with E-state index < -0.39 is 6.36 Å². The first-order chi connectivity index (χ1) is 6.94. The van der Waals surface area contributed by atoms with Crippen LogP contribution in [0.1, 0.15) is 18.1 Å². The number of ether oxygens (including phenoxy) is 1. The van der Waals surface area contributed by atoms with Crippen molar-refractivity contribution in [1.82, 2.24) is 0 Å². The lowest BCUT2D eigenvalue weighted by atomic mass is 10.1. The molecule has 0 unspecified atom stereocenters. The van der Waals surface area contributed by atoms with Gasteiger partial charge in [-0.25, -0.2) is 0 Å². The van der Waals surface area contributed by atoms with Gasteiger partial charge in [-0.3, -0.25) is 0 Å². The molecular formula is C11H10F3O. The molecule has 0 aliphatic heterocycles. The first-order valence-corrected chi connectivity index (χ1v) is 4.37. The third kappa shape index (κ3) is 3.65. The topological polar surface area (TPSA) is 9.23 Å². The SMILES string of the molecule is C=[C]c1cc(CC)cc(OC(F)(F)F)c1. The Kier molecular flexibility index (Phi) is 3.39. The lowest BCUT2D eigenvalue weighted by Gasteiger charge is -2.10. The molecule has 0 spiro atoms. The lowest BCUT2D eigenvalue weighted by molar-refractivity contribution is -0.274. The molecule has 0 aromatic heterocycles. The summed E-state index contributed by atoms with van der Waals surface area (Å²) in [7, 11) is 0. The van der Waals surface area contributed by atoms with E-state index in [9.17, 15) is 13.2 Å². The summed E-state index contributed by atoms with van der Waals surface area (Å²) in [5.41, 5.74) is 1.25. The van der Waals surface area contributed by atoms with Crippen molar-refractivity contribution >= 4 is 0 Å². The zero-order chi connectivity index (χ0) is 11.5. The van der Waals surface area contributed by atoms with Crippen molar-refractivity contribution in [2.45, 2.75) is 19.7 Å². The Bertz CT molecular complexity index is 355. The zero-order valence-corrected chi connectivity index (χ0v) is 8.19. The van der Waals surface area contributed by atoms with Crippen LogP contribution in [-0.4, -0.2) is 6.36 Å². The molecule has 0 bridgehead atoms. The van der Waals surface area contributed by atoms with Crippen molar-refractivity contribution in [3.63, 3.8) is 0 Å². The van der Waals surface area contributed by atoms with Crippen LogP contribution in [0.4, 0.5) is 13.2 Å².